The van der Waals surface area contributed by atoms with E-state index >= 15 is 0 Å². The number of rotatable bonds is 4. The Bertz CT molecular complexity index is 1210. The second-order valence-corrected chi connectivity index (χ2v) is 7.50. The molecule has 31 heavy (non-hydrogen) atoms. The predicted molar refractivity (Wildman–Crippen MR) is 118 cm³/mol. The molecule has 1 saturated heterocycles. The van der Waals surface area contributed by atoms with Crippen LogP contribution < -0.4 is 9.64 Å². The van der Waals surface area contributed by atoms with Crippen LogP contribution in [0.3, 0.4) is 0 Å². The minimum absolute atomic E-state index is 0.0226. The van der Waals surface area contributed by atoms with Crippen molar-refractivity contribution in [3.63, 3.8) is 0 Å². The summed E-state index contributed by atoms with van der Waals surface area (Å²) >= 11 is 6.10. The summed E-state index contributed by atoms with van der Waals surface area (Å²) in [7, 11) is 1.46. The number of para-hydroxylation sites is 1. The van der Waals surface area contributed by atoms with Crippen LogP contribution in [0.1, 0.15) is 22.7 Å². The van der Waals surface area contributed by atoms with E-state index in [1.807, 2.05) is 19.1 Å². The summed E-state index contributed by atoms with van der Waals surface area (Å²) in [6, 6.07) is 14.6. The summed E-state index contributed by atoms with van der Waals surface area (Å²) in [5, 5.41) is 11.5. The second-order valence-electron chi connectivity index (χ2n) is 7.09. The lowest BCUT2D eigenvalue weighted by molar-refractivity contribution is -0.132. The maximum Gasteiger partial charge on any atom is 0.300 e. The third-order valence-electron chi connectivity index (χ3n) is 5.24. The molecule has 3 aromatic rings. The van der Waals surface area contributed by atoms with Gasteiger partial charge in [0.15, 0.2) is 0 Å². The summed E-state index contributed by atoms with van der Waals surface area (Å²) < 4.78 is 5.23. The fourth-order valence-electron chi connectivity index (χ4n) is 3.73. The number of hydrogen-bond donors (Lipinski definition) is 1. The molecule has 1 amide bonds. The molecule has 1 N–H and O–H groups in total. The van der Waals surface area contributed by atoms with Crippen molar-refractivity contribution in [1.82, 2.24) is 4.98 Å². The van der Waals surface area contributed by atoms with Crippen molar-refractivity contribution in [2.45, 2.75) is 13.0 Å². The fourth-order valence-corrected chi connectivity index (χ4v) is 3.93. The lowest BCUT2D eigenvalue weighted by atomic mass is 9.96. The lowest BCUT2D eigenvalue weighted by Crippen LogP contribution is -2.30. The van der Waals surface area contributed by atoms with Crippen LogP contribution in [0.2, 0.25) is 5.02 Å². The molecule has 4 rings (SSSR count). The molecule has 0 bridgehead atoms. The van der Waals surface area contributed by atoms with Crippen LogP contribution in [0.25, 0.3) is 5.76 Å². The summed E-state index contributed by atoms with van der Waals surface area (Å²) in [6.07, 6.45) is 3.19. The second kappa shape index (κ2) is 8.24. The lowest BCUT2D eigenvalue weighted by Gasteiger charge is -2.26. The van der Waals surface area contributed by atoms with Gasteiger partial charge >= 0.3 is 0 Å². The molecule has 0 radical (unpaired) electrons. The average Bonchev–Trinajstić information content (AvgIpc) is 3.05. The van der Waals surface area contributed by atoms with Crippen LogP contribution in [-0.2, 0) is 9.59 Å². The smallest absolute Gasteiger partial charge is 0.300 e. The van der Waals surface area contributed by atoms with Crippen molar-refractivity contribution in [2.24, 2.45) is 0 Å². The molecule has 1 fully saturated rings. The number of methoxy groups -OCH3 is 1. The highest BCUT2D eigenvalue weighted by atomic mass is 35.5. The maximum atomic E-state index is 13.1. The van der Waals surface area contributed by atoms with Crippen molar-refractivity contribution in [3.05, 3.63) is 94.3 Å². The number of carbonyl (C=O) groups excluding carboxylic acids is 2. The van der Waals surface area contributed by atoms with E-state index in [-0.39, 0.29) is 11.3 Å². The summed E-state index contributed by atoms with van der Waals surface area (Å²) in [4.78, 5) is 31.8. The van der Waals surface area contributed by atoms with Crippen LogP contribution >= 0.6 is 11.6 Å². The molecule has 6 nitrogen and oxygen atoms in total. The molecule has 2 aromatic carbocycles. The Morgan fingerprint density at radius 2 is 1.90 bits per heavy atom. The van der Waals surface area contributed by atoms with E-state index in [1.165, 1.54) is 18.1 Å². The van der Waals surface area contributed by atoms with Gasteiger partial charge in [-0.2, -0.15) is 0 Å². The first-order chi connectivity index (χ1) is 14.9. The zero-order valence-electron chi connectivity index (χ0n) is 16.9. The van der Waals surface area contributed by atoms with E-state index < -0.39 is 17.7 Å². The number of hydrogen-bond acceptors (Lipinski definition) is 5. The van der Waals surface area contributed by atoms with Crippen LogP contribution in [0.4, 0.5) is 5.69 Å². The summed E-state index contributed by atoms with van der Waals surface area (Å²) in [5.41, 5.74) is 2.31. The molecule has 0 saturated carbocycles. The monoisotopic (exact) mass is 434 g/mol. The van der Waals surface area contributed by atoms with E-state index in [0.29, 0.717) is 27.6 Å². The van der Waals surface area contributed by atoms with Gasteiger partial charge in [0.25, 0.3) is 11.7 Å². The number of halogens is 1. The fraction of sp³-hybridized carbons (Fsp3) is 0.125. The first-order valence-corrected chi connectivity index (χ1v) is 9.92. The van der Waals surface area contributed by atoms with Gasteiger partial charge in [-0.3, -0.25) is 19.5 Å². The van der Waals surface area contributed by atoms with E-state index in [4.69, 9.17) is 16.3 Å². The van der Waals surface area contributed by atoms with Gasteiger partial charge in [-0.1, -0.05) is 35.9 Å². The Morgan fingerprint density at radius 3 is 2.58 bits per heavy atom. The Labute approximate surface area is 184 Å². The minimum atomic E-state index is -0.837. The molecule has 1 aliphatic heterocycles. The van der Waals surface area contributed by atoms with E-state index in [1.54, 1.807) is 48.8 Å². The molecule has 156 valence electrons. The first kappa shape index (κ1) is 20.6. The normalized spacial score (nSPS) is 17.8. The zero-order valence-corrected chi connectivity index (χ0v) is 17.6. The number of ketones is 1. The molecule has 7 heteroatoms. The first-order valence-electron chi connectivity index (χ1n) is 9.54. The highest BCUT2D eigenvalue weighted by Crippen LogP contribution is 2.43. The van der Waals surface area contributed by atoms with E-state index in [9.17, 15) is 14.7 Å². The van der Waals surface area contributed by atoms with Crippen molar-refractivity contribution in [1.29, 1.82) is 0 Å². The van der Waals surface area contributed by atoms with E-state index in [0.717, 1.165) is 5.56 Å². The third-order valence-corrected chi connectivity index (χ3v) is 5.56. The zero-order chi connectivity index (χ0) is 22.1. The third kappa shape index (κ3) is 3.55. The van der Waals surface area contributed by atoms with Gasteiger partial charge in [-0.25, -0.2) is 0 Å². The minimum Gasteiger partial charge on any atom is -0.507 e. The quantitative estimate of drug-likeness (QED) is 0.366. The number of ether oxygens (including phenoxy) is 1. The van der Waals surface area contributed by atoms with E-state index in [2.05, 4.69) is 4.98 Å². The number of Topliss-reactive ketones (excluding diaryl/α,β-unsaturated/α-hetero) is 1. The number of carbonyl (C=O) groups is 2. The van der Waals surface area contributed by atoms with Gasteiger partial charge in [-0.15, -0.1) is 0 Å². The molecule has 1 aliphatic rings. The van der Waals surface area contributed by atoms with Crippen molar-refractivity contribution in [2.75, 3.05) is 12.0 Å². The number of benzene rings is 2. The van der Waals surface area contributed by atoms with Gasteiger partial charge in [0.1, 0.15) is 11.5 Å². The van der Waals surface area contributed by atoms with Crippen LogP contribution in [-0.4, -0.2) is 28.9 Å². The van der Waals surface area contributed by atoms with Gasteiger partial charge in [0.05, 0.1) is 23.7 Å². The molecular formula is C24H19ClN2O4. The van der Waals surface area contributed by atoms with Gasteiger partial charge in [0, 0.05) is 23.6 Å². The number of aliphatic hydroxyl groups excluding tert-OH is 1. The number of aliphatic hydroxyl groups is 1. The number of anilines is 1. The molecule has 1 atom stereocenters. The highest BCUT2D eigenvalue weighted by Gasteiger charge is 2.47. The number of aryl methyl sites for hydroxylation is 1. The molecule has 0 spiro atoms. The summed E-state index contributed by atoms with van der Waals surface area (Å²) in [6.45, 7) is 1.86. The van der Waals surface area contributed by atoms with Gasteiger partial charge < -0.3 is 9.84 Å². The molecule has 0 aliphatic carbocycles. The molecule has 1 unspecified atom stereocenters. The Balaban J connectivity index is 1.96. The molecule has 1 aromatic heterocycles. The SMILES string of the molecule is COc1cc(/C(O)=C2/C(=O)C(=O)N(c3ccccc3C)C2c2cccnc2)ccc1Cl. The van der Waals surface area contributed by atoms with Crippen LogP contribution in [0.5, 0.6) is 5.75 Å². The molecule has 2 heterocycles. The maximum absolute atomic E-state index is 13.1. The number of aromatic nitrogens is 1. The average molecular weight is 435 g/mol. The van der Waals surface area contributed by atoms with Crippen molar-refractivity contribution < 1.29 is 19.4 Å². The van der Waals surface area contributed by atoms with Crippen molar-refractivity contribution in [3.8, 4) is 5.75 Å². The topological polar surface area (TPSA) is 79.7 Å². The largest absolute Gasteiger partial charge is 0.507 e. The van der Waals surface area contributed by atoms with Gasteiger partial charge in [0.2, 0.25) is 0 Å². The van der Waals surface area contributed by atoms with Gasteiger partial charge in [-0.05, 0) is 48.4 Å². The Kier molecular flexibility index (Phi) is 5.48. The summed E-state index contributed by atoms with van der Waals surface area (Å²) in [5.74, 6) is -1.45. The Morgan fingerprint density at radius 1 is 1.13 bits per heavy atom. The Hall–Kier alpha value is -3.64. The predicted octanol–water partition coefficient (Wildman–Crippen LogP) is 4.68. The number of nitrogens with zero attached hydrogens (tertiary/aromatic N) is 2. The van der Waals surface area contributed by atoms with Crippen LogP contribution in [0.15, 0.2) is 72.6 Å². The highest BCUT2D eigenvalue weighted by molar-refractivity contribution is 6.51. The molecular weight excluding hydrogens is 416 g/mol. The van der Waals surface area contributed by atoms with Crippen molar-refractivity contribution >= 4 is 34.7 Å². The standard InChI is InChI=1S/C24H19ClN2O4/c1-14-6-3-4-8-18(14)27-21(16-7-5-11-26-13-16)20(23(29)24(27)30)22(28)15-9-10-17(25)19(12-15)31-2/h3-13,21,28H,1-2H3/b22-20-. The number of amides is 1. The van der Waals surface area contributed by atoms with Crippen LogP contribution in [0, 0.1) is 6.92 Å². The number of pyridine rings is 1.